The molecule has 0 spiro atoms. The predicted octanol–water partition coefficient (Wildman–Crippen LogP) is 8.65. The molecular weight excluding hydrogens is 943 g/mol. The topological polar surface area (TPSA) is 205 Å². The lowest BCUT2D eigenvalue weighted by atomic mass is 9.64. The van der Waals surface area contributed by atoms with Crippen molar-refractivity contribution in [2.75, 3.05) is 23.3 Å². The molecule has 8 rings (SSSR count). The van der Waals surface area contributed by atoms with Crippen molar-refractivity contribution in [3.63, 3.8) is 0 Å². The number of rotatable bonds is 11. The third-order valence-electron chi connectivity index (χ3n) is 9.90. The largest absolute Gasteiger partial charge is 0.443 e. The average Bonchev–Trinajstić information content (AvgIpc) is 3.96. The summed E-state index contributed by atoms with van der Waals surface area (Å²) in [6.45, 7) is 6.97. The van der Waals surface area contributed by atoms with Gasteiger partial charge in [0.05, 0.1) is 32.4 Å². The zero-order valence-corrected chi connectivity index (χ0v) is 38.1. The molecule has 0 aliphatic heterocycles. The number of carbonyl (C=O) groups excluding carboxylic acids is 3. The van der Waals surface area contributed by atoms with Crippen LogP contribution < -0.4 is 16.0 Å². The van der Waals surface area contributed by atoms with Crippen LogP contribution in [-0.2, 0) is 15.6 Å². The molecule has 336 valence electrons. The van der Waals surface area contributed by atoms with E-state index in [9.17, 15) is 31.9 Å². The second kappa shape index (κ2) is 20.3. The van der Waals surface area contributed by atoms with Gasteiger partial charge >= 0.3 is 6.09 Å². The molecule has 2 amide bonds. The summed E-state index contributed by atoms with van der Waals surface area (Å²) in [4.78, 5) is 69.7. The van der Waals surface area contributed by atoms with Crippen molar-refractivity contribution in [2.24, 2.45) is 5.73 Å². The third kappa shape index (κ3) is 11.8. The van der Waals surface area contributed by atoms with E-state index in [1.807, 2.05) is 0 Å². The Hall–Kier alpha value is -5.87. The standard InChI is InChI=1S/C19H21BrF2N4O2.C18H16F2N6OS.C5H5NOS/c1-18(2,3)28-17(27)26(16-24-9-12(20)10-25-16)11-19(7-13(21)8-19)15-14(22)5-4-6-23-15;19-11-4-18(5-11,14-12(20)2-1-3-22-14)9-26-17-24-6-10(7-25-17)16-23-8-13(28-16)15(21)27;1-4(7)5-2-6-3-8-5/h4-6,9-10,13H,7-8,11H2,1-3H3;1-3,6-8,11H,4-5,9H2,(H2,21,27)(H,24,25,26);2-3H,1H3. The first-order valence-electron chi connectivity index (χ1n) is 19.6. The molecule has 0 radical (unpaired) electrons. The molecule has 2 saturated carbocycles. The van der Waals surface area contributed by atoms with Gasteiger partial charge in [-0.05, 0) is 86.6 Å². The van der Waals surface area contributed by atoms with E-state index >= 15 is 0 Å². The van der Waals surface area contributed by atoms with Crippen LogP contribution in [0.3, 0.4) is 0 Å². The van der Waals surface area contributed by atoms with Crippen molar-refractivity contribution >= 4 is 68.3 Å². The summed E-state index contributed by atoms with van der Waals surface area (Å²) in [6, 6.07) is 5.59. The summed E-state index contributed by atoms with van der Waals surface area (Å²) in [6.07, 6.45) is 9.80. The Bertz CT molecular complexity index is 2540. The van der Waals surface area contributed by atoms with E-state index < -0.39 is 52.4 Å². The predicted molar refractivity (Wildman–Crippen MR) is 236 cm³/mol. The van der Waals surface area contributed by atoms with Crippen molar-refractivity contribution in [3.05, 3.63) is 117 Å². The van der Waals surface area contributed by atoms with E-state index in [4.69, 9.17) is 10.5 Å². The maximum atomic E-state index is 14.5. The van der Waals surface area contributed by atoms with Crippen LogP contribution in [0, 0.1) is 11.6 Å². The first-order valence-corrected chi connectivity index (χ1v) is 22.1. The fourth-order valence-corrected chi connectivity index (χ4v) is 8.39. The fourth-order valence-electron chi connectivity index (χ4n) is 6.92. The normalized spacial score (nSPS) is 19.9. The van der Waals surface area contributed by atoms with Crippen molar-refractivity contribution in [2.45, 2.75) is 82.2 Å². The van der Waals surface area contributed by atoms with Crippen molar-refractivity contribution < 1.29 is 36.7 Å². The zero-order valence-electron chi connectivity index (χ0n) is 34.8. The number of aromatic nitrogens is 8. The fraction of sp³-hybridized carbons (Fsp3) is 0.357. The summed E-state index contributed by atoms with van der Waals surface area (Å²) in [7, 11) is 0. The van der Waals surface area contributed by atoms with Crippen LogP contribution >= 0.6 is 38.6 Å². The van der Waals surface area contributed by atoms with Crippen molar-refractivity contribution in [1.82, 2.24) is 39.9 Å². The van der Waals surface area contributed by atoms with E-state index in [1.165, 1.54) is 78.4 Å². The number of anilines is 2. The van der Waals surface area contributed by atoms with E-state index in [-0.39, 0.29) is 61.9 Å². The molecule has 6 aromatic heterocycles. The van der Waals surface area contributed by atoms with Gasteiger partial charge in [-0.2, -0.15) is 0 Å². The molecule has 0 atom stereocenters. The molecule has 22 heteroatoms. The number of halogens is 5. The molecule has 2 aliphatic carbocycles. The average molecular weight is 985 g/mol. The molecule has 64 heavy (non-hydrogen) atoms. The number of nitrogens with two attached hydrogens (primary N) is 1. The molecule has 6 aromatic rings. The van der Waals surface area contributed by atoms with Crippen LogP contribution in [0.4, 0.5) is 34.3 Å². The van der Waals surface area contributed by atoms with Gasteiger partial charge < -0.3 is 15.8 Å². The Morgan fingerprint density at radius 3 is 1.89 bits per heavy atom. The van der Waals surface area contributed by atoms with Gasteiger partial charge in [-0.1, -0.05) is 0 Å². The van der Waals surface area contributed by atoms with Gasteiger partial charge in [0.15, 0.2) is 5.78 Å². The molecule has 6 heterocycles. The number of primary amides is 1. The molecule has 2 aliphatic rings. The van der Waals surface area contributed by atoms with Gasteiger partial charge in [0.2, 0.25) is 11.9 Å². The number of carbonyl (C=O) groups is 3. The van der Waals surface area contributed by atoms with Gasteiger partial charge in [0.25, 0.3) is 5.91 Å². The van der Waals surface area contributed by atoms with Crippen molar-refractivity contribution in [3.8, 4) is 10.6 Å². The highest BCUT2D eigenvalue weighted by Crippen LogP contribution is 2.47. The third-order valence-corrected chi connectivity index (χ3v) is 12.2. The Morgan fingerprint density at radius 1 is 0.844 bits per heavy atom. The summed E-state index contributed by atoms with van der Waals surface area (Å²) in [5, 5.41) is 3.62. The smallest absolute Gasteiger partial charge is 0.417 e. The lowest BCUT2D eigenvalue weighted by Gasteiger charge is -2.45. The zero-order chi connectivity index (χ0) is 46.2. The summed E-state index contributed by atoms with van der Waals surface area (Å²) < 4.78 is 62.2. The van der Waals surface area contributed by atoms with Gasteiger partial charge in [0, 0.05) is 79.8 Å². The molecule has 15 nitrogen and oxygen atoms in total. The van der Waals surface area contributed by atoms with E-state index in [0.29, 0.717) is 25.9 Å². The number of ketones is 1. The van der Waals surface area contributed by atoms with Crippen LogP contribution in [0.15, 0.2) is 83.8 Å². The van der Waals surface area contributed by atoms with E-state index in [0.717, 1.165) is 16.2 Å². The van der Waals surface area contributed by atoms with E-state index in [2.05, 4.69) is 61.1 Å². The second-order valence-corrected chi connectivity index (χ2v) is 18.8. The molecule has 0 bridgehead atoms. The van der Waals surface area contributed by atoms with Gasteiger partial charge in [-0.3, -0.25) is 24.5 Å². The van der Waals surface area contributed by atoms with Crippen LogP contribution in [-0.4, -0.2) is 88.7 Å². The Labute approximate surface area is 381 Å². The molecule has 0 saturated heterocycles. The molecule has 0 aromatic carbocycles. The van der Waals surface area contributed by atoms with E-state index in [1.54, 1.807) is 44.9 Å². The quantitative estimate of drug-likeness (QED) is 0.0923. The highest BCUT2D eigenvalue weighted by atomic mass is 79.9. The SMILES string of the molecule is CC(=O)c1cncs1.CC(C)(C)OC(=O)N(CC1(c2ncccc2F)CC(F)C1)c1ncc(Br)cn1.NC(=O)c1cnc(-c2cnc(NCC3(c4ncccc4F)CC(F)C3)nc2)s1. The maximum Gasteiger partial charge on any atom is 0.417 e. The number of Topliss-reactive ketones (excluding diaryl/α,β-unsaturated/α-hetero) is 1. The van der Waals surface area contributed by atoms with Gasteiger partial charge in [-0.25, -0.2) is 52.2 Å². The number of nitrogens with zero attached hydrogens (tertiary/aromatic N) is 9. The number of hydrogen-bond acceptors (Lipinski definition) is 15. The molecule has 2 fully saturated rings. The number of alkyl halides is 2. The number of amides is 2. The number of hydrogen-bond donors (Lipinski definition) is 2. The Balaban J connectivity index is 0.000000181. The first-order chi connectivity index (χ1) is 30.4. The second-order valence-electron chi connectivity index (χ2n) is 16.0. The minimum atomic E-state index is -1.09. The van der Waals surface area contributed by atoms with Crippen LogP contribution in [0.5, 0.6) is 0 Å². The molecule has 0 unspecified atom stereocenters. The van der Waals surface area contributed by atoms with Crippen molar-refractivity contribution in [1.29, 1.82) is 0 Å². The summed E-state index contributed by atoms with van der Waals surface area (Å²) in [5.41, 5.74) is 5.46. The minimum absolute atomic E-state index is 0.0438. The summed E-state index contributed by atoms with van der Waals surface area (Å²) in [5.74, 6) is -1.00. The Kier molecular flexibility index (Phi) is 15.1. The lowest BCUT2D eigenvalue weighted by molar-refractivity contribution is 0.0505. The Morgan fingerprint density at radius 2 is 1.42 bits per heavy atom. The molecule has 3 N–H and O–H groups in total. The monoisotopic (exact) mass is 983 g/mol. The van der Waals surface area contributed by atoms with Gasteiger partial charge in [-0.15, -0.1) is 22.7 Å². The summed E-state index contributed by atoms with van der Waals surface area (Å²) >= 11 is 5.77. The van der Waals surface area contributed by atoms with Gasteiger partial charge in [0.1, 0.15) is 39.5 Å². The molecular formula is C42H42BrF4N11O4S2. The number of nitrogens with one attached hydrogen (secondary N) is 1. The van der Waals surface area contributed by atoms with Crippen LogP contribution in [0.25, 0.3) is 10.6 Å². The van der Waals surface area contributed by atoms with Crippen LogP contribution in [0.1, 0.15) is 84.1 Å². The minimum Gasteiger partial charge on any atom is -0.443 e. The maximum absolute atomic E-state index is 14.5. The van der Waals surface area contributed by atoms with Crippen LogP contribution in [0.2, 0.25) is 0 Å². The lowest BCUT2D eigenvalue weighted by Crippen LogP contribution is -2.54. The number of thiazole rings is 2. The number of pyridine rings is 2. The highest BCUT2D eigenvalue weighted by molar-refractivity contribution is 9.10. The first kappa shape index (κ1) is 47.6. The number of ether oxygens (including phenoxy) is 1. The highest BCUT2D eigenvalue weighted by Gasteiger charge is 2.51.